The van der Waals surface area contributed by atoms with Crippen molar-refractivity contribution < 1.29 is 13.2 Å². The highest BCUT2D eigenvalue weighted by Crippen LogP contribution is 2.32. The fourth-order valence-electron chi connectivity index (χ4n) is 3.82. The van der Waals surface area contributed by atoms with Crippen LogP contribution in [0.1, 0.15) is 15.9 Å². The first-order valence-electron chi connectivity index (χ1n) is 9.89. The van der Waals surface area contributed by atoms with E-state index in [0.29, 0.717) is 29.0 Å². The third kappa shape index (κ3) is 3.60. The van der Waals surface area contributed by atoms with Gasteiger partial charge in [0.15, 0.2) is 4.80 Å². The summed E-state index contributed by atoms with van der Waals surface area (Å²) in [6, 6.07) is 19.4. The van der Waals surface area contributed by atoms with E-state index in [1.165, 1.54) is 39.9 Å². The van der Waals surface area contributed by atoms with E-state index in [0.717, 1.165) is 20.3 Å². The van der Waals surface area contributed by atoms with Gasteiger partial charge in [-0.15, -0.1) is 0 Å². The summed E-state index contributed by atoms with van der Waals surface area (Å²) in [4.78, 5) is 17.7. The first-order valence-corrected chi connectivity index (χ1v) is 12.9. The number of aryl methyl sites for hydroxylation is 1. The maximum atomic E-state index is 13.2. The number of para-hydroxylation sites is 1. The van der Waals surface area contributed by atoms with Gasteiger partial charge in [0, 0.05) is 23.6 Å². The maximum Gasteiger partial charge on any atom is 0.279 e. The van der Waals surface area contributed by atoms with Crippen LogP contribution in [-0.2, 0) is 23.5 Å². The average molecular weight is 528 g/mol. The smallest absolute Gasteiger partial charge is 0.279 e. The number of hydrogen-bond donors (Lipinski definition) is 0. The zero-order chi connectivity index (χ0) is 22.5. The Labute approximate surface area is 197 Å². The van der Waals surface area contributed by atoms with Crippen LogP contribution in [0.5, 0.6) is 0 Å². The molecule has 0 saturated carbocycles. The monoisotopic (exact) mass is 527 g/mol. The number of thiazole rings is 1. The molecule has 0 N–H and O–H groups in total. The zero-order valence-corrected chi connectivity index (χ0v) is 20.2. The highest BCUT2D eigenvalue weighted by Gasteiger charge is 2.30. The van der Waals surface area contributed by atoms with E-state index >= 15 is 0 Å². The van der Waals surface area contributed by atoms with E-state index in [9.17, 15) is 13.2 Å². The van der Waals surface area contributed by atoms with Crippen LogP contribution in [0.4, 0.5) is 5.69 Å². The number of carbonyl (C=O) groups is 1. The van der Waals surface area contributed by atoms with Crippen molar-refractivity contribution in [1.82, 2.24) is 4.57 Å². The fraction of sp³-hybridized carbons (Fsp3) is 0.130. The molecule has 3 aromatic carbocycles. The molecule has 9 heteroatoms. The molecule has 162 valence electrons. The van der Waals surface area contributed by atoms with Crippen LogP contribution in [0, 0.1) is 0 Å². The van der Waals surface area contributed by atoms with Crippen LogP contribution < -0.4 is 9.11 Å². The molecule has 1 aliphatic heterocycles. The van der Waals surface area contributed by atoms with Gasteiger partial charge in [-0.3, -0.25) is 9.10 Å². The molecule has 2 heterocycles. The lowest BCUT2D eigenvalue weighted by Gasteiger charge is -2.19. The number of rotatable bonds is 3. The minimum Gasteiger partial charge on any atom is -0.319 e. The third-order valence-electron chi connectivity index (χ3n) is 5.50. The third-order valence-corrected chi connectivity index (χ3v) is 8.92. The molecule has 1 aliphatic rings. The van der Waals surface area contributed by atoms with Crippen molar-refractivity contribution >= 4 is 59.1 Å². The quantitative estimate of drug-likeness (QED) is 0.393. The van der Waals surface area contributed by atoms with E-state index in [1.807, 2.05) is 54.1 Å². The summed E-state index contributed by atoms with van der Waals surface area (Å²) in [7, 11) is -1.83. The van der Waals surface area contributed by atoms with Crippen molar-refractivity contribution in [2.45, 2.75) is 11.3 Å². The molecule has 0 bridgehead atoms. The lowest BCUT2D eigenvalue weighted by atomic mass is 10.2. The van der Waals surface area contributed by atoms with Crippen molar-refractivity contribution in [2.75, 3.05) is 10.8 Å². The Hall–Kier alpha value is -2.75. The lowest BCUT2D eigenvalue weighted by molar-refractivity contribution is 0.0998. The van der Waals surface area contributed by atoms with Gasteiger partial charge in [0.2, 0.25) is 0 Å². The molecule has 5 rings (SSSR count). The lowest BCUT2D eigenvalue weighted by Crippen LogP contribution is -2.29. The molecule has 1 aromatic heterocycles. The van der Waals surface area contributed by atoms with Gasteiger partial charge in [-0.05, 0) is 60.5 Å². The van der Waals surface area contributed by atoms with E-state index in [-0.39, 0.29) is 4.90 Å². The number of halogens is 1. The van der Waals surface area contributed by atoms with Crippen LogP contribution in [0.15, 0.2) is 81.1 Å². The van der Waals surface area contributed by atoms with Crippen molar-refractivity contribution in [3.8, 4) is 0 Å². The molecule has 0 unspecified atom stereocenters. The Bertz CT molecular complexity index is 1540. The molecule has 6 nitrogen and oxygen atoms in total. The standard InChI is InChI=1S/C23H18BrN3O3S2/c1-26-20-11-8-17(24)14-21(20)31-23(26)25-22(28)16-6-9-18(10-7-16)32(29,30)27-13-12-15-4-2-3-5-19(15)27/h2-11,14H,12-13H2,1H3. The number of aromatic nitrogens is 1. The molecular formula is C23H18BrN3O3S2. The minimum atomic E-state index is -3.70. The van der Waals surface area contributed by atoms with Gasteiger partial charge < -0.3 is 4.57 Å². The van der Waals surface area contributed by atoms with E-state index in [1.54, 1.807) is 0 Å². The van der Waals surface area contributed by atoms with Crippen LogP contribution in [-0.4, -0.2) is 25.4 Å². The molecule has 0 saturated heterocycles. The minimum absolute atomic E-state index is 0.156. The van der Waals surface area contributed by atoms with Gasteiger partial charge in [0.1, 0.15) is 0 Å². The Kier molecular flexibility index (Phi) is 5.27. The second-order valence-corrected chi connectivity index (χ2v) is 11.2. The second-order valence-electron chi connectivity index (χ2n) is 7.45. The van der Waals surface area contributed by atoms with Gasteiger partial charge in [0.05, 0.1) is 20.8 Å². The number of fused-ring (bicyclic) bond motifs is 2. The average Bonchev–Trinajstić information content (AvgIpc) is 3.35. The summed E-state index contributed by atoms with van der Waals surface area (Å²) in [5, 5.41) is 0. The normalized spacial score (nSPS) is 14.2. The van der Waals surface area contributed by atoms with Gasteiger partial charge in [-0.2, -0.15) is 4.99 Å². The number of hydrogen-bond acceptors (Lipinski definition) is 4. The summed E-state index contributed by atoms with van der Waals surface area (Å²) in [5.74, 6) is -0.415. The number of anilines is 1. The molecule has 0 aliphatic carbocycles. The summed E-state index contributed by atoms with van der Waals surface area (Å²) in [6.07, 6.45) is 0.688. The van der Waals surface area contributed by atoms with Gasteiger partial charge in [0.25, 0.3) is 15.9 Å². The topological polar surface area (TPSA) is 71.7 Å². The Balaban J connectivity index is 1.45. The first kappa shape index (κ1) is 21.1. The van der Waals surface area contributed by atoms with Gasteiger partial charge >= 0.3 is 0 Å². The van der Waals surface area contributed by atoms with E-state index in [4.69, 9.17) is 0 Å². The molecule has 0 spiro atoms. The predicted octanol–water partition coefficient (Wildman–Crippen LogP) is 4.49. The highest BCUT2D eigenvalue weighted by atomic mass is 79.9. The molecule has 0 radical (unpaired) electrons. The first-order chi connectivity index (χ1) is 15.3. The van der Waals surface area contributed by atoms with Crippen molar-refractivity contribution in [3.05, 3.63) is 87.1 Å². The van der Waals surface area contributed by atoms with Crippen LogP contribution in [0.25, 0.3) is 10.2 Å². The van der Waals surface area contributed by atoms with Crippen LogP contribution in [0.2, 0.25) is 0 Å². The summed E-state index contributed by atoms with van der Waals surface area (Å²) in [5.41, 5.74) is 3.05. The highest BCUT2D eigenvalue weighted by molar-refractivity contribution is 9.10. The molecule has 0 fully saturated rings. The number of benzene rings is 3. The molecular weight excluding hydrogens is 510 g/mol. The molecule has 1 amide bonds. The van der Waals surface area contributed by atoms with Crippen LogP contribution >= 0.6 is 27.3 Å². The second kappa shape index (κ2) is 7.99. The largest absolute Gasteiger partial charge is 0.319 e. The SMILES string of the molecule is Cn1c(=NC(=O)c2ccc(S(=O)(=O)N3CCc4ccccc43)cc2)sc2cc(Br)ccc21. The van der Waals surface area contributed by atoms with Crippen molar-refractivity contribution in [2.24, 2.45) is 12.0 Å². The summed E-state index contributed by atoms with van der Waals surface area (Å²) in [6.45, 7) is 0.413. The molecule has 4 aromatic rings. The Morgan fingerprint density at radius 2 is 1.81 bits per heavy atom. The fourth-order valence-corrected chi connectivity index (χ4v) is 6.89. The maximum absolute atomic E-state index is 13.2. The van der Waals surface area contributed by atoms with Gasteiger partial charge in [-0.25, -0.2) is 8.42 Å². The number of nitrogens with zero attached hydrogens (tertiary/aromatic N) is 3. The number of sulfonamides is 1. The van der Waals surface area contributed by atoms with Gasteiger partial charge in [-0.1, -0.05) is 45.5 Å². The molecule has 32 heavy (non-hydrogen) atoms. The zero-order valence-electron chi connectivity index (χ0n) is 17.0. The van der Waals surface area contributed by atoms with Crippen molar-refractivity contribution in [1.29, 1.82) is 0 Å². The van der Waals surface area contributed by atoms with E-state index < -0.39 is 15.9 Å². The predicted molar refractivity (Wildman–Crippen MR) is 130 cm³/mol. The van der Waals surface area contributed by atoms with E-state index in [2.05, 4.69) is 20.9 Å². The Morgan fingerprint density at radius 1 is 1.06 bits per heavy atom. The Morgan fingerprint density at radius 3 is 2.59 bits per heavy atom. The number of carbonyl (C=O) groups excluding carboxylic acids is 1. The summed E-state index contributed by atoms with van der Waals surface area (Å²) < 4.78 is 31.6. The number of amides is 1. The summed E-state index contributed by atoms with van der Waals surface area (Å²) >= 11 is 4.88. The van der Waals surface area contributed by atoms with Crippen molar-refractivity contribution in [3.63, 3.8) is 0 Å². The van der Waals surface area contributed by atoms with Crippen LogP contribution in [0.3, 0.4) is 0 Å². The molecule has 0 atom stereocenters.